The number of para-hydroxylation sites is 1. The van der Waals surface area contributed by atoms with Crippen LogP contribution in [0.25, 0.3) is 10.9 Å². The van der Waals surface area contributed by atoms with Gasteiger partial charge in [-0.2, -0.15) is 0 Å². The Morgan fingerprint density at radius 1 is 1.13 bits per heavy atom. The molecule has 8 heteroatoms. The van der Waals surface area contributed by atoms with Gasteiger partial charge in [0.05, 0.1) is 6.04 Å². The van der Waals surface area contributed by atoms with Crippen molar-refractivity contribution in [3.8, 4) is 11.5 Å². The van der Waals surface area contributed by atoms with Crippen molar-refractivity contribution < 1.29 is 19.1 Å². The molecule has 0 radical (unpaired) electrons. The third kappa shape index (κ3) is 3.54. The van der Waals surface area contributed by atoms with E-state index < -0.39 is 0 Å². The first-order valence-electron chi connectivity index (χ1n) is 10.4. The zero-order valence-electron chi connectivity index (χ0n) is 17.2. The molecule has 3 N–H and O–H groups in total. The standard InChI is InChI=1S/C23H24N4O4/c1-24-22(28)18-13-14-12-15(7-8-17(14)26-18)25-23(29)27-9-3-5-19(27)16-4-2-6-20-21(16)31-11-10-30-20/h2,4,6-8,12-13,19,26H,3,5,9-11H2,1H3,(H,24,28)(H,25,29). The van der Waals surface area contributed by atoms with Crippen LogP contribution < -0.4 is 20.1 Å². The summed E-state index contributed by atoms with van der Waals surface area (Å²) in [5.41, 5.74) is 2.99. The second kappa shape index (κ2) is 7.86. The van der Waals surface area contributed by atoms with E-state index in [1.807, 2.05) is 41.3 Å². The third-order valence-corrected chi connectivity index (χ3v) is 5.81. The summed E-state index contributed by atoms with van der Waals surface area (Å²) in [6.45, 7) is 1.72. The Hall–Kier alpha value is -3.68. The Balaban J connectivity index is 1.37. The highest BCUT2D eigenvalue weighted by molar-refractivity contribution is 5.99. The molecule has 31 heavy (non-hydrogen) atoms. The number of benzene rings is 2. The molecule has 1 atom stereocenters. The van der Waals surface area contributed by atoms with Gasteiger partial charge in [0.15, 0.2) is 11.5 Å². The van der Waals surface area contributed by atoms with E-state index in [-0.39, 0.29) is 18.0 Å². The number of aromatic amines is 1. The van der Waals surface area contributed by atoms with E-state index in [1.54, 1.807) is 13.1 Å². The maximum Gasteiger partial charge on any atom is 0.322 e. The SMILES string of the molecule is CNC(=O)c1cc2cc(NC(=O)N3CCCC3c3cccc4c3OCCO4)ccc2[nH]1. The van der Waals surface area contributed by atoms with Crippen LogP contribution in [-0.4, -0.2) is 48.6 Å². The van der Waals surface area contributed by atoms with E-state index >= 15 is 0 Å². The largest absolute Gasteiger partial charge is 0.486 e. The summed E-state index contributed by atoms with van der Waals surface area (Å²) in [7, 11) is 1.59. The van der Waals surface area contributed by atoms with Crippen LogP contribution >= 0.6 is 0 Å². The zero-order valence-corrected chi connectivity index (χ0v) is 17.2. The average molecular weight is 420 g/mol. The lowest BCUT2D eigenvalue weighted by molar-refractivity contribution is 0.0959. The highest BCUT2D eigenvalue weighted by atomic mass is 16.6. The number of carbonyl (C=O) groups excluding carboxylic acids is 2. The molecule has 3 heterocycles. The molecule has 1 unspecified atom stereocenters. The molecule has 0 bridgehead atoms. The van der Waals surface area contributed by atoms with Gasteiger partial charge in [-0.3, -0.25) is 4.79 Å². The molecule has 0 saturated carbocycles. The Labute approximate surface area is 179 Å². The minimum Gasteiger partial charge on any atom is -0.486 e. The molecule has 1 aromatic heterocycles. The van der Waals surface area contributed by atoms with Gasteiger partial charge < -0.3 is 30.0 Å². The van der Waals surface area contributed by atoms with Gasteiger partial charge in [-0.05, 0) is 43.2 Å². The fourth-order valence-corrected chi connectivity index (χ4v) is 4.35. The van der Waals surface area contributed by atoms with E-state index in [2.05, 4.69) is 15.6 Å². The summed E-state index contributed by atoms with van der Waals surface area (Å²) in [5.74, 6) is 1.30. The van der Waals surface area contributed by atoms with Crippen molar-refractivity contribution in [2.45, 2.75) is 18.9 Å². The topological polar surface area (TPSA) is 95.7 Å². The number of hydrogen-bond acceptors (Lipinski definition) is 4. The molecule has 0 aliphatic carbocycles. The maximum absolute atomic E-state index is 13.1. The molecule has 0 spiro atoms. The van der Waals surface area contributed by atoms with Crippen LogP contribution in [0.3, 0.4) is 0 Å². The van der Waals surface area contributed by atoms with Crippen molar-refractivity contribution in [1.29, 1.82) is 0 Å². The van der Waals surface area contributed by atoms with E-state index in [1.165, 1.54) is 0 Å². The van der Waals surface area contributed by atoms with Crippen molar-refractivity contribution in [3.05, 3.63) is 53.7 Å². The number of carbonyl (C=O) groups is 2. The van der Waals surface area contributed by atoms with Gasteiger partial charge in [-0.1, -0.05) is 12.1 Å². The first kappa shape index (κ1) is 19.3. The Morgan fingerprint density at radius 2 is 2.00 bits per heavy atom. The molecule has 5 rings (SSSR count). The number of H-pyrrole nitrogens is 1. The van der Waals surface area contributed by atoms with Gasteiger partial charge in [0.25, 0.3) is 5.91 Å². The summed E-state index contributed by atoms with van der Waals surface area (Å²) in [6.07, 6.45) is 1.80. The van der Waals surface area contributed by atoms with Gasteiger partial charge in [-0.25, -0.2) is 4.79 Å². The number of urea groups is 1. The molecule has 1 saturated heterocycles. The lowest BCUT2D eigenvalue weighted by Gasteiger charge is -2.29. The quantitative estimate of drug-likeness (QED) is 0.602. The van der Waals surface area contributed by atoms with E-state index in [0.717, 1.165) is 40.8 Å². The molecule has 160 valence electrons. The predicted octanol–water partition coefficient (Wildman–Crippen LogP) is 3.67. The van der Waals surface area contributed by atoms with Crippen LogP contribution in [0, 0.1) is 0 Å². The van der Waals surface area contributed by atoms with Crippen LogP contribution in [0.5, 0.6) is 11.5 Å². The van der Waals surface area contributed by atoms with Gasteiger partial charge in [-0.15, -0.1) is 0 Å². The normalized spacial score (nSPS) is 17.6. The molecule has 3 amide bonds. The minimum absolute atomic E-state index is 0.0625. The molecule has 2 aromatic carbocycles. The highest BCUT2D eigenvalue weighted by Gasteiger charge is 2.33. The number of nitrogens with one attached hydrogen (secondary N) is 3. The maximum atomic E-state index is 13.1. The van der Waals surface area contributed by atoms with Crippen LogP contribution in [0.2, 0.25) is 0 Å². The number of nitrogens with zero attached hydrogens (tertiary/aromatic N) is 1. The number of likely N-dealkylation sites (tertiary alicyclic amines) is 1. The Kier molecular flexibility index (Phi) is 4.89. The number of amides is 3. The highest BCUT2D eigenvalue weighted by Crippen LogP contribution is 2.43. The van der Waals surface area contributed by atoms with Crippen molar-refractivity contribution in [1.82, 2.24) is 15.2 Å². The fourth-order valence-electron chi connectivity index (χ4n) is 4.35. The van der Waals surface area contributed by atoms with Gasteiger partial charge in [0.1, 0.15) is 18.9 Å². The molecule has 1 fully saturated rings. The van der Waals surface area contributed by atoms with E-state index in [0.29, 0.717) is 31.1 Å². The van der Waals surface area contributed by atoms with Crippen LogP contribution in [0.4, 0.5) is 10.5 Å². The Morgan fingerprint density at radius 3 is 2.87 bits per heavy atom. The van der Waals surface area contributed by atoms with Crippen molar-refractivity contribution in [2.75, 3.05) is 32.1 Å². The minimum atomic E-state index is -0.181. The molecule has 3 aromatic rings. The number of aromatic nitrogens is 1. The van der Waals surface area contributed by atoms with E-state index in [4.69, 9.17) is 9.47 Å². The van der Waals surface area contributed by atoms with Crippen molar-refractivity contribution in [3.63, 3.8) is 0 Å². The van der Waals surface area contributed by atoms with E-state index in [9.17, 15) is 9.59 Å². The zero-order chi connectivity index (χ0) is 21.4. The first-order chi connectivity index (χ1) is 15.1. The summed E-state index contributed by atoms with van der Waals surface area (Å²) in [4.78, 5) is 29.9. The second-order valence-corrected chi connectivity index (χ2v) is 7.72. The van der Waals surface area contributed by atoms with Crippen LogP contribution in [0.1, 0.15) is 34.9 Å². The fraction of sp³-hybridized carbons (Fsp3) is 0.304. The van der Waals surface area contributed by atoms with Crippen LogP contribution in [-0.2, 0) is 0 Å². The number of rotatable bonds is 3. The molecular formula is C23H24N4O4. The number of anilines is 1. The molecule has 2 aliphatic heterocycles. The summed E-state index contributed by atoms with van der Waals surface area (Å²) >= 11 is 0. The number of hydrogen-bond donors (Lipinski definition) is 3. The smallest absolute Gasteiger partial charge is 0.322 e. The summed E-state index contributed by atoms with van der Waals surface area (Å²) in [6, 6.07) is 13.0. The summed E-state index contributed by atoms with van der Waals surface area (Å²) in [5, 5.41) is 6.47. The number of ether oxygens (including phenoxy) is 2. The van der Waals surface area contributed by atoms with Gasteiger partial charge in [0, 0.05) is 35.7 Å². The lowest BCUT2D eigenvalue weighted by Crippen LogP contribution is -2.34. The molecule has 2 aliphatic rings. The predicted molar refractivity (Wildman–Crippen MR) is 117 cm³/mol. The van der Waals surface area contributed by atoms with Crippen LogP contribution in [0.15, 0.2) is 42.5 Å². The van der Waals surface area contributed by atoms with Gasteiger partial charge in [0.2, 0.25) is 0 Å². The second-order valence-electron chi connectivity index (χ2n) is 7.72. The molecule has 8 nitrogen and oxygen atoms in total. The third-order valence-electron chi connectivity index (χ3n) is 5.81. The summed E-state index contributed by atoms with van der Waals surface area (Å²) < 4.78 is 11.6. The van der Waals surface area contributed by atoms with Crippen molar-refractivity contribution >= 4 is 28.5 Å². The average Bonchev–Trinajstić information content (AvgIpc) is 3.45. The lowest BCUT2D eigenvalue weighted by atomic mass is 10.0. The monoisotopic (exact) mass is 420 g/mol. The first-order valence-corrected chi connectivity index (χ1v) is 10.4. The Bertz CT molecular complexity index is 1160. The van der Waals surface area contributed by atoms with Crippen molar-refractivity contribution in [2.24, 2.45) is 0 Å². The molecular weight excluding hydrogens is 396 g/mol. The van der Waals surface area contributed by atoms with Gasteiger partial charge >= 0.3 is 6.03 Å². The number of fused-ring (bicyclic) bond motifs is 2.